The van der Waals surface area contributed by atoms with E-state index in [1.165, 1.54) is 0 Å². The van der Waals surface area contributed by atoms with Gasteiger partial charge in [0.1, 0.15) is 0 Å². The van der Waals surface area contributed by atoms with Crippen molar-refractivity contribution in [3.05, 3.63) is 113 Å². The molecular weight excluding hydrogens is 408 g/mol. The lowest BCUT2D eigenvalue weighted by Crippen LogP contribution is -2.31. The number of sulfonamides is 1. The van der Waals surface area contributed by atoms with Crippen LogP contribution in [0, 0.1) is 6.92 Å². The molecule has 156 valence electrons. The second kappa shape index (κ2) is 8.70. The minimum atomic E-state index is -3.85. The van der Waals surface area contributed by atoms with Crippen molar-refractivity contribution >= 4 is 21.5 Å². The van der Waals surface area contributed by atoms with Crippen molar-refractivity contribution < 1.29 is 13.2 Å². The Morgan fingerprint density at radius 3 is 2.13 bits per heavy atom. The van der Waals surface area contributed by atoms with Crippen molar-refractivity contribution in [1.82, 2.24) is 4.72 Å². The predicted octanol–water partition coefficient (Wildman–Crippen LogP) is 4.30. The first kappa shape index (κ1) is 20.8. The highest BCUT2D eigenvalue weighted by Gasteiger charge is 2.28. The summed E-state index contributed by atoms with van der Waals surface area (Å²) in [6, 6.07) is 24.8. The van der Waals surface area contributed by atoms with Crippen molar-refractivity contribution in [1.29, 1.82) is 0 Å². The zero-order valence-corrected chi connectivity index (χ0v) is 17.9. The van der Waals surface area contributed by atoms with E-state index in [1.54, 1.807) is 48.5 Å². The number of rotatable bonds is 6. The standard InChI is InChI=1S/C25H22N2O3S/c1-18-12-14-21(15-13-18)31(29,30)27-22-16-17-26-24(19-8-4-2-5-9-19)23(22)25(28)20-10-6-3-7-11-20/h2-15,27H,16-17H2,1H3. The van der Waals surface area contributed by atoms with Gasteiger partial charge in [0.15, 0.2) is 5.78 Å². The molecule has 0 atom stereocenters. The third-order valence-corrected chi connectivity index (χ3v) is 6.48. The molecule has 5 nitrogen and oxygen atoms in total. The van der Waals surface area contributed by atoms with Gasteiger partial charge < -0.3 is 0 Å². The summed E-state index contributed by atoms with van der Waals surface area (Å²) < 4.78 is 28.8. The molecule has 31 heavy (non-hydrogen) atoms. The molecule has 0 saturated carbocycles. The van der Waals surface area contributed by atoms with Crippen LogP contribution in [0.5, 0.6) is 0 Å². The number of allylic oxidation sites excluding steroid dienone is 1. The number of carbonyl (C=O) groups excluding carboxylic acids is 1. The fourth-order valence-corrected chi connectivity index (χ4v) is 4.62. The Morgan fingerprint density at radius 2 is 1.48 bits per heavy atom. The maximum atomic E-state index is 13.5. The lowest BCUT2D eigenvalue weighted by Gasteiger charge is -2.22. The molecule has 0 spiro atoms. The number of nitrogens with one attached hydrogen (secondary N) is 1. The Hall–Kier alpha value is -3.51. The number of ketones is 1. The van der Waals surface area contributed by atoms with E-state index in [-0.39, 0.29) is 10.7 Å². The van der Waals surface area contributed by atoms with E-state index in [2.05, 4.69) is 9.71 Å². The van der Waals surface area contributed by atoms with Crippen LogP contribution in [0.15, 0.2) is 106 Å². The highest BCUT2D eigenvalue weighted by Crippen LogP contribution is 2.25. The fourth-order valence-electron chi connectivity index (χ4n) is 3.48. The molecule has 1 aliphatic rings. The van der Waals surface area contributed by atoms with Crippen molar-refractivity contribution in [3.63, 3.8) is 0 Å². The van der Waals surface area contributed by atoms with Crippen molar-refractivity contribution in [3.8, 4) is 0 Å². The number of benzene rings is 3. The molecule has 4 rings (SSSR count). The molecule has 0 aliphatic carbocycles. The SMILES string of the molecule is Cc1ccc(S(=O)(=O)NC2=C(C(=O)c3ccccc3)C(c3ccccc3)=NCC2)cc1. The average molecular weight is 431 g/mol. The van der Waals surface area contributed by atoms with Crippen LogP contribution in [0.25, 0.3) is 0 Å². The van der Waals surface area contributed by atoms with Gasteiger partial charge in [0.2, 0.25) is 0 Å². The van der Waals surface area contributed by atoms with Crippen LogP contribution in [0.3, 0.4) is 0 Å². The topological polar surface area (TPSA) is 75.6 Å². The van der Waals surface area contributed by atoms with E-state index in [4.69, 9.17) is 0 Å². The van der Waals surface area contributed by atoms with Crippen molar-refractivity contribution in [2.45, 2.75) is 18.2 Å². The van der Waals surface area contributed by atoms with Crippen LogP contribution in [0.2, 0.25) is 0 Å². The van der Waals surface area contributed by atoms with Crippen LogP contribution < -0.4 is 4.72 Å². The molecule has 1 aliphatic heterocycles. The first-order valence-corrected chi connectivity index (χ1v) is 11.5. The molecule has 6 heteroatoms. The molecule has 0 radical (unpaired) electrons. The summed E-state index contributed by atoms with van der Waals surface area (Å²) in [5, 5.41) is 0. The van der Waals surface area contributed by atoms with Gasteiger partial charge in [-0.25, -0.2) is 8.42 Å². The largest absolute Gasteiger partial charge is 0.288 e. The first-order chi connectivity index (χ1) is 15.0. The minimum absolute atomic E-state index is 0.154. The summed E-state index contributed by atoms with van der Waals surface area (Å²) >= 11 is 0. The van der Waals surface area contributed by atoms with Gasteiger partial charge in [0.25, 0.3) is 10.0 Å². The molecule has 0 bridgehead atoms. The normalized spacial score (nSPS) is 14.2. The van der Waals surface area contributed by atoms with E-state index in [9.17, 15) is 13.2 Å². The monoisotopic (exact) mass is 430 g/mol. The van der Waals surface area contributed by atoms with Gasteiger partial charge in [-0.05, 0) is 19.1 Å². The average Bonchev–Trinajstić information content (AvgIpc) is 2.80. The van der Waals surface area contributed by atoms with E-state index >= 15 is 0 Å². The summed E-state index contributed by atoms with van der Waals surface area (Å²) in [5.74, 6) is -0.260. The number of aliphatic imine (C=N–C) groups is 1. The van der Waals surface area contributed by atoms with Crippen LogP contribution in [0.1, 0.15) is 27.9 Å². The van der Waals surface area contributed by atoms with Crippen LogP contribution in [0.4, 0.5) is 0 Å². The van der Waals surface area contributed by atoms with Gasteiger partial charge in [-0.1, -0.05) is 78.4 Å². The highest BCUT2D eigenvalue weighted by atomic mass is 32.2. The van der Waals surface area contributed by atoms with Crippen LogP contribution in [-0.2, 0) is 10.0 Å². The number of dihydropyridines is 1. The predicted molar refractivity (Wildman–Crippen MR) is 122 cm³/mol. The Balaban J connectivity index is 1.82. The smallest absolute Gasteiger partial charge is 0.261 e. The third kappa shape index (κ3) is 4.49. The van der Waals surface area contributed by atoms with Crippen LogP contribution in [-0.4, -0.2) is 26.5 Å². The number of Topliss-reactive ketones (excluding diaryl/α,β-unsaturated/α-hetero) is 1. The van der Waals surface area contributed by atoms with E-state index in [0.717, 1.165) is 11.1 Å². The summed E-state index contributed by atoms with van der Waals surface area (Å²) in [6.07, 6.45) is 0.329. The summed E-state index contributed by atoms with van der Waals surface area (Å²) in [7, 11) is -3.85. The molecule has 0 fully saturated rings. The third-order valence-electron chi connectivity index (χ3n) is 5.07. The summed E-state index contributed by atoms with van der Waals surface area (Å²) in [4.78, 5) is 18.2. The maximum Gasteiger partial charge on any atom is 0.261 e. The molecule has 1 N–H and O–H groups in total. The van der Waals surface area contributed by atoms with Crippen molar-refractivity contribution in [2.75, 3.05) is 6.54 Å². The number of hydrogen-bond acceptors (Lipinski definition) is 4. The van der Waals surface area contributed by atoms with Gasteiger partial charge in [-0.2, -0.15) is 0 Å². The quantitative estimate of drug-likeness (QED) is 0.593. The fraction of sp³-hybridized carbons (Fsp3) is 0.120. The molecule has 0 unspecified atom stereocenters. The molecule has 0 saturated heterocycles. The van der Waals surface area contributed by atoms with E-state index in [0.29, 0.717) is 35.5 Å². The second-order valence-corrected chi connectivity index (χ2v) is 9.00. The molecule has 3 aromatic carbocycles. The molecular formula is C25H22N2O3S. The Morgan fingerprint density at radius 1 is 0.871 bits per heavy atom. The van der Waals surface area contributed by atoms with Crippen LogP contribution >= 0.6 is 0 Å². The maximum absolute atomic E-state index is 13.5. The van der Waals surface area contributed by atoms with E-state index in [1.807, 2.05) is 43.3 Å². The lowest BCUT2D eigenvalue weighted by molar-refractivity contribution is 0.103. The Bertz CT molecular complexity index is 1260. The number of hydrogen-bond donors (Lipinski definition) is 1. The van der Waals surface area contributed by atoms with Gasteiger partial charge in [-0.3, -0.25) is 14.5 Å². The lowest BCUT2D eigenvalue weighted by atomic mass is 9.91. The van der Waals surface area contributed by atoms with Gasteiger partial charge >= 0.3 is 0 Å². The minimum Gasteiger partial charge on any atom is -0.288 e. The Kier molecular flexibility index (Phi) is 5.82. The molecule has 1 heterocycles. The summed E-state index contributed by atoms with van der Waals surface area (Å²) in [6.45, 7) is 2.29. The van der Waals surface area contributed by atoms with Crippen molar-refractivity contribution in [2.24, 2.45) is 4.99 Å². The zero-order chi connectivity index (χ0) is 21.8. The van der Waals surface area contributed by atoms with Gasteiger partial charge in [0.05, 0.1) is 16.2 Å². The van der Waals surface area contributed by atoms with Gasteiger partial charge in [-0.15, -0.1) is 0 Å². The van der Waals surface area contributed by atoms with E-state index < -0.39 is 10.0 Å². The zero-order valence-electron chi connectivity index (χ0n) is 17.1. The van der Waals surface area contributed by atoms with Gasteiger partial charge in [0, 0.05) is 29.8 Å². The summed E-state index contributed by atoms with van der Waals surface area (Å²) in [5.41, 5.74) is 3.38. The highest BCUT2D eigenvalue weighted by molar-refractivity contribution is 7.89. The number of nitrogens with zero attached hydrogens (tertiary/aromatic N) is 1. The molecule has 3 aromatic rings. The Labute approximate surface area is 182 Å². The number of aryl methyl sites for hydroxylation is 1. The molecule has 0 aromatic heterocycles. The second-order valence-electron chi connectivity index (χ2n) is 7.31. The molecule has 0 amide bonds. The number of carbonyl (C=O) groups is 1. The first-order valence-electron chi connectivity index (χ1n) is 9.98.